The minimum absolute atomic E-state index is 0.112. The maximum atomic E-state index is 12.7. The van der Waals surface area contributed by atoms with Crippen molar-refractivity contribution >= 4 is 27.5 Å². The average Bonchev–Trinajstić information content (AvgIpc) is 2.69. The van der Waals surface area contributed by atoms with E-state index in [4.69, 9.17) is 16.3 Å². The number of hydrogen-bond acceptors (Lipinski definition) is 5. The highest BCUT2D eigenvalue weighted by Crippen LogP contribution is 2.29. The maximum absolute atomic E-state index is 12.7. The van der Waals surface area contributed by atoms with E-state index in [1.807, 2.05) is 18.2 Å². The summed E-state index contributed by atoms with van der Waals surface area (Å²) in [7, 11) is -1.46. The van der Waals surface area contributed by atoms with E-state index < -0.39 is 10.0 Å². The third-order valence-corrected chi connectivity index (χ3v) is 6.41. The van der Waals surface area contributed by atoms with Gasteiger partial charge in [-0.15, -0.1) is 0 Å². The molecule has 0 saturated carbocycles. The Labute approximate surface area is 176 Å². The summed E-state index contributed by atoms with van der Waals surface area (Å²) in [6, 6.07) is 10.5. The molecular weight excluding hydrogens is 414 g/mol. The zero-order chi connectivity index (χ0) is 21.0. The molecule has 0 radical (unpaired) electrons. The Bertz CT molecular complexity index is 961. The Morgan fingerprint density at radius 3 is 2.59 bits per heavy atom. The molecule has 1 aromatic carbocycles. The summed E-state index contributed by atoms with van der Waals surface area (Å²) >= 11 is 6.34. The first-order valence-corrected chi connectivity index (χ1v) is 11.5. The molecule has 29 heavy (non-hydrogen) atoms. The van der Waals surface area contributed by atoms with Crippen LogP contribution in [0.3, 0.4) is 0 Å². The van der Waals surface area contributed by atoms with Crippen molar-refractivity contribution in [2.24, 2.45) is 0 Å². The standard InChI is InChI=1S/C20H24ClN3O4S/c1-23(14-16-5-3-4-10-22-16)20(25)15-6-7-19(18(21)13-15)28-17-8-11-24(12-9-17)29(2,26)27/h3-7,10,13,17H,8-9,11-12,14H2,1-2H3. The van der Waals surface area contributed by atoms with Gasteiger partial charge >= 0.3 is 0 Å². The Hall–Kier alpha value is -2.16. The summed E-state index contributed by atoms with van der Waals surface area (Å²) < 4.78 is 30.6. The van der Waals surface area contributed by atoms with Crippen LogP contribution < -0.4 is 4.74 Å². The quantitative estimate of drug-likeness (QED) is 0.694. The van der Waals surface area contributed by atoms with Crippen LogP contribution in [0.25, 0.3) is 0 Å². The highest BCUT2D eigenvalue weighted by Gasteiger charge is 2.26. The Balaban J connectivity index is 1.61. The van der Waals surface area contributed by atoms with Gasteiger partial charge < -0.3 is 9.64 Å². The fraction of sp³-hybridized carbons (Fsp3) is 0.400. The molecule has 3 rings (SSSR count). The van der Waals surface area contributed by atoms with Crippen LogP contribution in [0.4, 0.5) is 0 Å². The van der Waals surface area contributed by atoms with E-state index >= 15 is 0 Å². The van der Waals surface area contributed by atoms with E-state index in [0.717, 1.165) is 5.69 Å². The third-order valence-electron chi connectivity index (χ3n) is 4.81. The van der Waals surface area contributed by atoms with Crippen molar-refractivity contribution in [2.75, 3.05) is 26.4 Å². The predicted molar refractivity (Wildman–Crippen MR) is 112 cm³/mol. The molecule has 1 aliphatic heterocycles. The summed E-state index contributed by atoms with van der Waals surface area (Å²) in [4.78, 5) is 18.5. The summed E-state index contributed by atoms with van der Waals surface area (Å²) in [6.07, 6.45) is 3.98. The number of benzene rings is 1. The zero-order valence-corrected chi connectivity index (χ0v) is 18.0. The van der Waals surface area contributed by atoms with Crippen LogP contribution in [-0.4, -0.2) is 61.0 Å². The molecular formula is C20H24ClN3O4S. The molecule has 1 fully saturated rings. The van der Waals surface area contributed by atoms with Gasteiger partial charge in [0, 0.05) is 31.9 Å². The number of ether oxygens (including phenoxy) is 1. The largest absolute Gasteiger partial charge is 0.489 e. The van der Waals surface area contributed by atoms with Crippen molar-refractivity contribution in [3.63, 3.8) is 0 Å². The van der Waals surface area contributed by atoms with Gasteiger partial charge in [0.2, 0.25) is 10.0 Å². The first-order chi connectivity index (χ1) is 13.7. The molecule has 0 N–H and O–H groups in total. The predicted octanol–water partition coefficient (Wildman–Crippen LogP) is 2.81. The van der Waals surface area contributed by atoms with Crippen LogP contribution >= 0.6 is 11.6 Å². The Kier molecular flexibility index (Phi) is 6.77. The average molecular weight is 438 g/mol. The van der Waals surface area contributed by atoms with Gasteiger partial charge in [-0.1, -0.05) is 17.7 Å². The first-order valence-electron chi connectivity index (χ1n) is 9.31. The summed E-state index contributed by atoms with van der Waals surface area (Å²) in [6.45, 7) is 1.25. The van der Waals surface area contributed by atoms with E-state index in [2.05, 4.69) is 4.98 Å². The van der Waals surface area contributed by atoms with Gasteiger partial charge in [0.25, 0.3) is 5.91 Å². The number of halogens is 1. The van der Waals surface area contributed by atoms with Crippen molar-refractivity contribution in [3.8, 4) is 5.75 Å². The first kappa shape index (κ1) is 21.5. The van der Waals surface area contributed by atoms with Crippen molar-refractivity contribution in [3.05, 3.63) is 58.9 Å². The number of carbonyl (C=O) groups is 1. The van der Waals surface area contributed by atoms with E-state index in [-0.39, 0.29) is 12.0 Å². The topological polar surface area (TPSA) is 79.8 Å². The molecule has 9 heteroatoms. The molecule has 2 heterocycles. The van der Waals surface area contributed by atoms with Crippen LogP contribution in [0.15, 0.2) is 42.6 Å². The SMILES string of the molecule is CN(Cc1ccccn1)C(=O)c1ccc(OC2CCN(S(C)(=O)=O)CC2)c(Cl)c1. The lowest BCUT2D eigenvalue weighted by molar-refractivity contribution is 0.0783. The maximum Gasteiger partial charge on any atom is 0.254 e. The fourth-order valence-corrected chi connectivity index (χ4v) is 4.32. The van der Waals surface area contributed by atoms with Gasteiger partial charge in [-0.2, -0.15) is 0 Å². The van der Waals surface area contributed by atoms with Crippen LogP contribution in [0.5, 0.6) is 5.75 Å². The molecule has 156 valence electrons. The molecule has 0 atom stereocenters. The number of aromatic nitrogens is 1. The van der Waals surface area contributed by atoms with Gasteiger partial charge in [-0.25, -0.2) is 12.7 Å². The van der Waals surface area contributed by atoms with Crippen molar-refractivity contribution in [1.82, 2.24) is 14.2 Å². The van der Waals surface area contributed by atoms with Crippen LogP contribution in [0, 0.1) is 0 Å². The number of nitrogens with zero attached hydrogens (tertiary/aromatic N) is 3. The molecule has 2 aromatic rings. The molecule has 0 spiro atoms. The van der Waals surface area contributed by atoms with Gasteiger partial charge in [-0.3, -0.25) is 9.78 Å². The van der Waals surface area contributed by atoms with Crippen molar-refractivity contribution in [1.29, 1.82) is 0 Å². The highest BCUT2D eigenvalue weighted by atomic mass is 35.5. The van der Waals surface area contributed by atoms with Crippen LogP contribution in [0.2, 0.25) is 5.02 Å². The summed E-state index contributed by atoms with van der Waals surface area (Å²) in [5, 5.41) is 0.354. The molecule has 0 aliphatic carbocycles. The minimum atomic E-state index is -3.17. The van der Waals surface area contributed by atoms with Crippen molar-refractivity contribution in [2.45, 2.75) is 25.5 Å². The molecule has 1 aromatic heterocycles. The highest BCUT2D eigenvalue weighted by molar-refractivity contribution is 7.88. The number of amides is 1. The Morgan fingerprint density at radius 1 is 1.28 bits per heavy atom. The lowest BCUT2D eigenvalue weighted by atomic mass is 10.1. The third kappa shape index (κ3) is 5.68. The number of rotatable bonds is 6. The second kappa shape index (κ2) is 9.11. The number of pyridine rings is 1. The number of sulfonamides is 1. The summed E-state index contributed by atoms with van der Waals surface area (Å²) in [5.41, 5.74) is 1.27. The second-order valence-electron chi connectivity index (χ2n) is 7.11. The molecule has 0 bridgehead atoms. The van der Waals surface area contributed by atoms with Gasteiger partial charge in [0.1, 0.15) is 11.9 Å². The van der Waals surface area contributed by atoms with Gasteiger partial charge in [0.05, 0.1) is 23.5 Å². The molecule has 1 aliphatic rings. The minimum Gasteiger partial charge on any atom is -0.489 e. The normalized spacial score (nSPS) is 15.8. The number of piperidine rings is 1. The summed E-state index contributed by atoms with van der Waals surface area (Å²) in [5.74, 6) is 0.332. The molecule has 0 unspecified atom stereocenters. The number of hydrogen-bond donors (Lipinski definition) is 0. The van der Waals surface area contributed by atoms with Crippen molar-refractivity contribution < 1.29 is 17.9 Å². The lowest BCUT2D eigenvalue weighted by Crippen LogP contribution is -2.41. The molecule has 1 saturated heterocycles. The Morgan fingerprint density at radius 2 is 2.00 bits per heavy atom. The second-order valence-corrected chi connectivity index (χ2v) is 9.50. The smallest absolute Gasteiger partial charge is 0.254 e. The monoisotopic (exact) mass is 437 g/mol. The molecule has 1 amide bonds. The van der Waals surface area contributed by atoms with Crippen LogP contribution in [0.1, 0.15) is 28.9 Å². The zero-order valence-electron chi connectivity index (χ0n) is 16.4. The fourth-order valence-electron chi connectivity index (χ4n) is 3.22. The van der Waals surface area contributed by atoms with Crippen LogP contribution in [-0.2, 0) is 16.6 Å². The van der Waals surface area contributed by atoms with E-state index in [0.29, 0.717) is 48.8 Å². The lowest BCUT2D eigenvalue weighted by Gasteiger charge is -2.30. The number of carbonyl (C=O) groups excluding carboxylic acids is 1. The van der Waals surface area contributed by atoms with E-state index in [1.165, 1.54) is 10.6 Å². The van der Waals surface area contributed by atoms with Gasteiger partial charge in [-0.05, 0) is 43.2 Å². The van der Waals surface area contributed by atoms with Gasteiger partial charge in [0.15, 0.2) is 0 Å². The molecule has 7 nitrogen and oxygen atoms in total. The van der Waals surface area contributed by atoms with E-state index in [9.17, 15) is 13.2 Å². The van der Waals surface area contributed by atoms with E-state index in [1.54, 1.807) is 36.3 Å².